The summed E-state index contributed by atoms with van der Waals surface area (Å²) in [5, 5.41) is 2.33. The third kappa shape index (κ3) is 4.45. The molecule has 5 unspecified atom stereocenters. The monoisotopic (exact) mass is 775 g/mol. The van der Waals surface area contributed by atoms with Crippen molar-refractivity contribution in [2.45, 2.75) is 75.0 Å². The fraction of sp³-hybridized carbons (Fsp3) is 0.276. The lowest BCUT2D eigenvalue weighted by atomic mass is 9.51. The Morgan fingerprint density at radius 2 is 1.05 bits per heavy atom. The molecule has 7 aromatic carbocycles. The summed E-state index contributed by atoms with van der Waals surface area (Å²) in [4.78, 5) is 2.55. The van der Waals surface area contributed by atoms with Gasteiger partial charge in [0.25, 0.3) is 0 Å². The molecule has 0 aliphatic heterocycles. The lowest BCUT2D eigenvalue weighted by molar-refractivity contribution is 0.0618. The van der Waals surface area contributed by atoms with E-state index in [1.54, 1.807) is 11.1 Å². The molecule has 0 saturated heterocycles. The van der Waals surface area contributed by atoms with Crippen LogP contribution in [0.2, 0.25) is 0 Å². The van der Waals surface area contributed by atoms with Gasteiger partial charge in [0.2, 0.25) is 0 Å². The molecule has 0 radical (unpaired) electrons. The van der Waals surface area contributed by atoms with Gasteiger partial charge in [-0.1, -0.05) is 128 Å². The van der Waals surface area contributed by atoms with Crippen molar-refractivity contribution in [3.63, 3.8) is 0 Å². The summed E-state index contributed by atoms with van der Waals surface area (Å²) < 4.78 is 6.52. The molecule has 7 aliphatic carbocycles. The molecule has 292 valence electrons. The summed E-state index contributed by atoms with van der Waals surface area (Å²) in [6.07, 6.45) is 13.6. The zero-order valence-electron chi connectivity index (χ0n) is 34.2. The van der Waals surface area contributed by atoms with E-state index in [2.05, 4.69) is 157 Å². The van der Waals surface area contributed by atoms with Crippen molar-refractivity contribution >= 4 is 39.0 Å². The third-order valence-electron chi connectivity index (χ3n) is 16.9. The number of para-hydroxylation sites is 2. The highest BCUT2D eigenvalue weighted by Gasteiger charge is 2.59. The Kier molecular flexibility index (Phi) is 6.98. The van der Waals surface area contributed by atoms with Gasteiger partial charge < -0.3 is 9.32 Å². The van der Waals surface area contributed by atoms with E-state index >= 15 is 0 Å². The van der Waals surface area contributed by atoms with Crippen LogP contribution >= 0.6 is 0 Å². The minimum absolute atomic E-state index is 0.146. The Bertz CT molecular complexity index is 3040. The smallest absolute Gasteiger partial charge is 0.143 e. The summed E-state index contributed by atoms with van der Waals surface area (Å²) in [7, 11) is 0. The fourth-order valence-electron chi connectivity index (χ4n) is 14.7. The van der Waals surface area contributed by atoms with Gasteiger partial charge in [-0.3, -0.25) is 0 Å². The van der Waals surface area contributed by atoms with Crippen molar-refractivity contribution in [1.82, 2.24) is 0 Å². The van der Waals surface area contributed by atoms with Crippen molar-refractivity contribution in [1.29, 1.82) is 0 Å². The van der Waals surface area contributed by atoms with E-state index < -0.39 is 0 Å². The van der Waals surface area contributed by atoms with Crippen molar-refractivity contribution in [3.05, 3.63) is 174 Å². The Balaban J connectivity index is 0.948. The summed E-state index contributed by atoms with van der Waals surface area (Å²) in [6.45, 7) is 0. The van der Waals surface area contributed by atoms with E-state index in [9.17, 15) is 0 Å². The van der Waals surface area contributed by atoms with Gasteiger partial charge in [-0.15, -0.1) is 0 Å². The first kappa shape index (κ1) is 33.9. The predicted molar refractivity (Wildman–Crippen MR) is 246 cm³/mol. The van der Waals surface area contributed by atoms with Crippen molar-refractivity contribution in [2.24, 2.45) is 23.7 Å². The van der Waals surface area contributed by atoms with Crippen LogP contribution in [0, 0.1) is 23.7 Å². The second-order valence-corrected chi connectivity index (χ2v) is 19.5. The van der Waals surface area contributed by atoms with Crippen LogP contribution in [0.5, 0.6) is 0 Å². The molecule has 60 heavy (non-hydrogen) atoms. The molecule has 2 spiro atoms. The number of nitrogens with zero attached hydrogens (tertiary/aromatic N) is 1. The van der Waals surface area contributed by atoms with Crippen molar-refractivity contribution in [3.8, 4) is 33.4 Å². The molecule has 15 rings (SSSR count). The normalized spacial score (nSPS) is 24.9. The molecule has 4 bridgehead atoms. The van der Waals surface area contributed by atoms with Crippen LogP contribution < -0.4 is 4.90 Å². The summed E-state index contributed by atoms with van der Waals surface area (Å²) in [5.41, 5.74) is 20.2. The van der Waals surface area contributed by atoms with E-state index in [4.69, 9.17) is 4.42 Å². The highest BCUT2D eigenvalue weighted by molar-refractivity contribution is 6.09. The molecule has 5 fully saturated rings. The molecular weight excluding hydrogens is 727 g/mol. The highest BCUT2D eigenvalue weighted by atomic mass is 16.3. The van der Waals surface area contributed by atoms with E-state index in [0.717, 1.165) is 46.0 Å². The van der Waals surface area contributed by atoms with Gasteiger partial charge in [0, 0.05) is 44.2 Å². The van der Waals surface area contributed by atoms with E-state index in [0.29, 0.717) is 0 Å². The lowest BCUT2D eigenvalue weighted by Crippen LogP contribution is -2.48. The molecule has 2 heteroatoms. The Morgan fingerprint density at radius 3 is 1.88 bits per heavy atom. The maximum atomic E-state index is 6.52. The van der Waals surface area contributed by atoms with Gasteiger partial charge in [-0.05, 0) is 161 Å². The SMILES string of the molecule is c1ccc2c(c1)-c1cc(N(c3ccc(-c4cccc5c4oc4ccccc45)cc3)c3ccc4c(c3)-c3ccccc3C43C4CCC5CC(C4)CC3C5)ccc1C21CCCC1. The largest absolute Gasteiger partial charge is 0.455 e. The Hall–Kier alpha value is -5.86. The van der Waals surface area contributed by atoms with Gasteiger partial charge in [0.1, 0.15) is 11.2 Å². The number of hydrogen-bond acceptors (Lipinski definition) is 2. The average molecular weight is 776 g/mol. The topological polar surface area (TPSA) is 16.4 Å². The molecule has 1 aromatic heterocycles. The predicted octanol–water partition coefficient (Wildman–Crippen LogP) is 15.7. The van der Waals surface area contributed by atoms with Crippen LogP contribution in [0.4, 0.5) is 17.1 Å². The highest BCUT2D eigenvalue weighted by Crippen LogP contribution is 2.68. The molecule has 8 aromatic rings. The van der Waals surface area contributed by atoms with Crippen LogP contribution in [-0.2, 0) is 10.8 Å². The number of fused-ring (bicyclic) bond motifs is 12. The molecular formula is C58H49NO. The first-order valence-electron chi connectivity index (χ1n) is 23.0. The van der Waals surface area contributed by atoms with Crippen LogP contribution in [0.25, 0.3) is 55.3 Å². The van der Waals surface area contributed by atoms with Crippen molar-refractivity contribution < 1.29 is 4.42 Å². The molecule has 5 atom stereocenters. The fourth-order valence-corrected chi connectivity index (χ4v) is 14.7. The first-order valence-corrected chi connectivity index (χ1v) is 23.0. The first-order chi connectivity index (χ1) is 29.7. The number of anilines is 3. The standard InChI is InChI=1S/C58H49NO/c1-4-15-51-45(10-1)49-34-42(24-26-52(49)57(51)28-7-8-29-57)59(41-22-19-38(20-23-41)44-13-9-14-48-47-12-3-6-17-55(47)60-56(44)48)43-25-27-54-50(35-43)46-11-2-5-16-53(46)58(54)39-21-18-36-30-37(32-39)33-40(58)31-36/h1-6,9-17,19-20,22-27,34-37,39-40H,7-8,18,21,28-33H2. The molecule has 2 nitrogen and oxygen atoms in total. The second kappa shape index (κ2) is 12.4. The Labute approximate surface area is 352 Å². The van der Waals surface area contributed by atoms with Gasteiger partial charge in [-0.25, -0.2) is 0 Å². The molecule has 0 amide bonds. The zero-order valence-corrected chi connectivity index (χ0v) is 34.2. The zero-order chi connectivity index (χ0) is 39.2. The van der Waals surface area contributed by atoms with Crippen LogP contribution in [0.3, 0.4) is 0 Å². The number of rotatable bonds is 4. The quantitative estimate of drug-likeness (QED) is 0.177. The average Bonchev–Trinajstić information content (AvgIpc) is 4.03. The van der Waals surface area contributed by atoms with Crippen LogP contribution in [0.1, 0.15) is 86.5 Å². The van der Waals surface area contributed by atoms with E-state index in [1.165, 1.54) is 125 Å². The van der Waals surface area contributed by atoms with Crippen molar-refractivity contribution in [2.75, 3.05) is 4.90 Å². The maximum Gasteiger partial charge on any atom is 0.143 e. The second-order valence-electron chi connectivity index (χ2n) is 19.5. The molecule has 0 N–H and O–H groups in total. The number of hydrogen-bond donors (Lipinski definition) is 0. The van der Waals surface area contributed by atoms with E-state index in [1.807, 2.05) is 0 Å². The number of furan rings is 1. The minimum Gasteiger partial charge on any atom is -0.455 e. The van der Waals surface area contributed by atoms with Gasteiger partial charge >= 0.3 is 0 Å². The maximum absolute atomic E-state index is 6.52. The third-order valence-corrected chi connectivity index (χ3v) is 16.9. The Morgan fingerprint density at radius 1 is 0.450 bits per heavy atom. The molecule has 7 aliphatic rings. The van der Waals surface area contributed by atoms with E-state index in [-0.39, 0.29) is 10.8 Å². The number of benzene rings is 7. The molecule has 5 saturated carbocycles. The van der Waals surface area contributed by atoms with Gasteiger partial charge in [0.05, 0.1) is 0 Å². The minimum atomic E-state index is 0.146. The summed E-state index contributed by atoms with van der Waals surface area (Å²) in [5.74, 6) is 3.32. The van der Waals surface area contributed by atoms with Crippen LogP contribution in [0.15, 0.2) is 156 Å². The van der Waals surface area contributed by atoms with Crippen LogP contribution in [-0.4, -0.2) is 0 Å². The lowest BCUT2D eigenvalue weighted by Gasteiger charge is -2.53. The van der Waals surface area contributed by atoms with Gasteiger partial charge in [-0.2, -0.15) is 0 Å². The summed E-state index contributed by atoms with van der Waals surface area (Å²) >= 11 is 0. The van der Waals surface area contributed by atoms with Gasteiger partial charge in [0.15, 0.2) is 0 Å². The summed E-state index contributed by atoms with van der Waals surface area (Å²) in [6, 6.07) is 58.2. The molecule has 1 heterocycles.